The van der Waals surface area contributed by atoms with E-state index in [0.717, 1.165) is 20.8 Å². The molecule has 15 N–H and O–H groups in total. The van der Waals surface area contributed by atoms with Crippen LogP contribution >= 0.6 is 0 Å². The first-order valence-corrected chi connectivity index (χ1v) is 17.0. The molecule has 3 saturated heterocycles. The van der Waals surface area contributed by atoms with Crippen LogP contribution in [-0.4, -0.2) is 228 Å². The van der Waals surface area contributed by atoms with E-state index in [1.54, 1.807) is 0 Å². The standard InChI is InChI=1S/C30H53N3O21/c1-9(38)31-12(4-34)26(19(42)13(41)8-49-28-17(32-10(2)39)22(45)20(43)14(5-35)50-28)53-29-18(33-11(3)40)23(46)27(16(7-37)52-29)54-30-25(48)24(47)21(44)15(6-36)51-30/h12-30,34-37,41-48H,4-8H2,1-3H3,(H,31,38)(H,32,39)(H,33,40)/t12-,13+,14+,15+,16+,17+,18+,19-,20+,21-,22+,23+,24-,25+,26+,27+,28+,29-,30-/m0/s1. The Morgan fingerprint density at radius 1 is 0.630 bits per heavy atom. The fraction of sp³-hybridized carbons (Fsp3) is 0.900. The van der Waals surface area contributed by atoms with Gasteiger partial charge in [-0.1, -0.05) is 0 Å². The molecule has 0 aromatic heterocycles. The van der Waals surface area contributed by atoms with Crippen molar-refractivity contribution in [1.29, 1.82) is 0 Å². The largest absolute Gasteiger partial charge is 0.394 e. The molecule has 3 amide bonds. The zero-order valence-corrected chi connectivity index (χ0v) is 29.5. The number of ether oxygens (including phenoxy) is 6. The van der Waals surface area contributed by atoms with Crippen molar-refractivity contribution in [3.8, 4) is 0 Å². The molecule has 3 heterocycles. The highest BCUT2D eigenvalue weighted by Crippen LogP contribution is 2.31. The minimum Gasteiger partial charge on any atom is -0.394 e. The lowest BCUT2D eigenvalue weighted by molar-refractivity contribution is -0.353. The molecule has 24 nitrogen and oxygen atoms in total. The number of aliphatic hydroxyl groups excluding tert-OH is 12. The fourth-order valence-corrected chi connectivity index (χ4v) is 6.26. The number of aliphatic hydroxyl groups is 12. The maximum atomic E-state index is 12.3. The minimum absolute atomic E-state index is 0.675. The lowest BCUT2D eigenvalue weighted by atomic mass is 9.94. The van der Waals surface area contributed by atoms with Crippen molar-refractivity contribution in [3.63, 3.8) is 0 Å². The molecule has 3 aliphatic rings. The van der Waals surface area contributed by atoms with Gasteiger partial charge in [0.25, 0.3) is 0 Å². The SMILES string of the molecule is CC(=O)N[C@H]1[C@H](O[C@@H]([C@@H](O)[C@H](O)CO[C@@H]2O[C@H](CO)[C@@H](O)[C@H](O)[C@H]2NC(C)=O)[C@H](CO)NC(C)=O)O[C@H](CO)[C@@H](O[C@@H]2O[C@H](CO)[C@H](O)[C@H](O)[C@H]2O)[C@@H]1O. The van der Waals surface area contributed by atoms with Crippen LogP contribution in [0.15, 0.2) is 0 Å². The predicted octanol–water partition coefficient (Wildman–Crippen LogP) is -9.68. The summed E-state index contributed by atoms with van der Waals surface area (Å²) < 4.78 is 33.7. The highest BCUT2D eigenvalue weighted by Gasteiger charge is 2.53. The van der Waals surface area contributed by atoms with Crippen LogP contribution < -0.4 is 16.0 Å². The molecular formula is C30H53N3O21. The van der Waals surface area contributed by atoms with Crippen molar-refractivity contribution in [2.24, 2.45) is 0 Å². The van der Waals surface area contributed by atoms with Gasteiger partial charge in [0.05, 0.1) is 39.1 Å². The number of amides is 3. The molecule has 0 radical (unpaired) electrons. The molecule has 0 unspecified atom stereocenters. The van der Waals surface area contributed by atoms with E-state index in [2.05, 4.69) is 16.0 Å². The second kappa shape index (κ2) is 20.7. The zero-order valence-electron chi connectivity index (χ0n) is 29.5. The molecule has 314 valence electrons. The zero-order chi connectivity index (χ0) is 40.6. The molecule has 0 aliphatic carbocycles. The summed E-state index contributed by atoms with van der Waals surface area (Å²) in [6.07, 6.45) is -28.3. The van der Waals surface area contributed by atoms with Crippen LogP contribution in [0, 0.1) is 0 Å². The molecule has 19 atom stereocenters. The van der Waals surface area contributed by atoms with Gasteiger partial charge in [0.1, 0.15) is 91.4 Å². The van der Waals surface area contributed by atoms with Gasteiger partial charge in [-0.25, -0.2) is 0 Å². The maximum Gasteiger partial charge on any atom is 0.217 e. The number of rotatable bonds is 17. The highest BCUT2D eigenvalue weighted by atomic mass is 16.7. The first-order chi connectivity index (χ1) is 25.4. The minimum atomic E-state index is -2.14. The van der Waals surface area contributed by atoms with E-state index in [1.165, 1.54) is 0 Å². The van der Waals surface area contributed by atoms with E-state index in [1.807, 2.05) is 0 Å². The van der Waals surface area contributed by atoms with Gasteiger partial charge in [0, 0.05) is 20.8 Å². The summed E-state index contributed by atoms with van der Waals surface area (Å²) in [5.74, 6) is -2.21. The summed E-state index contributed by atoms with van der Waals surface area (Å²) in [7, 11) is 0. The summed E-state index contributed by atoms with van der Waals surface area (Å²) in [6.45, 7) is -1.19. The molecule has 3 aliphatic heterocycles. The Hall–Kier alpha value is -2.31. The first kappa shape index (κ1) is 46.1. The number of nitrogens with one attached hydrogen (secondary N) is 3. The molecule has 3 rings (SSSR count). The second-order valence-corrected chi connectivity index (χ2v) is 13.2. The van der Waals surface area contributed by atoms with Crippen LogP contribution in [0.2, 0.25) is 0 Å². The van der Waals surface area contributed by atoms with Gasteiger partial charge >= 0.3 is 0 Å². The molecule has 54 heavy (non-hydrogen) atoms. The van der Waals surface area contributed by atoms with Crippen LogP contribution in [0.3, 0.4) is 0 Å². The smallest absolute Gasteiger partial charge is 0.217 e. The molecule has 0 spiro atoms. The molecule has 0 saturated carbocycles. The van der Waals surface area contributed by atoms with E-state index in [4.69, 9.17) is 28.4 Å². The van der Waals surface area contributed by atoms with Crippen molar-refractivity contribution in [1.82, 2.24) is 16.0 Å². The van der Waals surface area contributed by atoms with Gasteiger partial charge in [-0.2, -0.15) is 0 Å². The van der Waals surface area contributed by atoms with E-state index >= 15 is 0 Å². The van der Waals surface area contributed by atoms with Crippen LogP contribution in [0.4, 0.5) is 0 Å². The summed E-state index contributed by atoms with van der Waals surface area (Å²) >= 11 is 0. The highest BCUT2D eigenvalue weighted by molar-refractivity contribution is 5.74. The molecule has 0 bridgehead atoms. The van der Waals surface area contributed by atoms with Crippen molar-refractivity contribution in [2.75, 3.05) is 33.0 Å². The number of hydrogen-bond acceptors (Lipinski definition) is 21. The van der Waals surface area contributed by atoms with Crippen molar-refractivity contribution in [2.45, 2.75) is 137 Å². The van der Waals surface area contributed by atoms with Crippen molar-refractivity contribution >= 4 is 17.7 Å². The van der Waals surface area contributed by atoms with Gasteiger partial charge < -0.3 is 106 Å². The van der Waals surface area contributed by atoms with Crippen LogP contribution in [0.1, 0.15) is 20.8 Å². The van der Waals surface area contributed by atoms with E-state index < -0.39 is 167 Å². The lowest BCUT2D eigenvalue weighted by Crippen LogP contribution is -2.69. The topological polar surface area (TPSA) is 385 Å². The van der Waals surface area contributed by atoms with Crippen LogP contribution in [-0.2, 0) is 42.8 Å². The Morgan fingerprint density at radius 2 is 1.13 bits per heavy atom. The molecule has 24 heteroatoms. The maximum absolute atomic E-state index is 12.3. The van der Waals surface area contributed by atoms with E-state index in [9.17, 15) is 75.7 Å². The average molecular weight is 792 g/mol. The summed E-state index contributed by atoms with van der Waals surface area (Å²) in [4.78, 5) is 36.1. The molecule has 0 aromatic rings. The van der Waals surface area contributed by atoms with Crippen LogP contribution in [0.5, 0.6) is 0 Å². The first-order valence-electron chi connectivity index (χ1n) is 17.0. The number of carbonyl (C=O) groups is 3. The Bertz CT molecular complexity index is 1210. The Morgan fingerprint density at radius 3 is 1.63 bits per heavy atom. The number of hydrogen-bond donors (Lipinski definition) is 15. The lowest BCUT2D eigenvalue weighted by Gasteiger charge is -2.48. The van der Waals surface area contributed by atoms with Crippen molar-refractivity contribution in [3.05, 3.63) is 0 Å². The van der Waals surface area contributed by atoms with E-state index in [-0.39, 0.29) is 0 Å². The average Bonchev–Trinajstić information content (AvgIpc) is 3.12. The quantitative estimate of drug-likeness (QED) is 0.0650. The normalized spacial score (nSPS) is 39.5. The van der Waals surface area contributed by atoms with Gasteiger partial charge in [-0.05, 0) is 0 Å². The van der Waals surface area contributed by atoms with Crippen molar-refractivity contribution < 1.29 is 104 Å². The van der Waals surface area contributed by atoms with Gasteiger partial charge in [-0.3, -0.25) is 14.4 Å². The Balaban J connectivity index is 1.88. The Labute approximate surface area is 308 Å². The fourth-order valence-electron chi connectivity index (χ4n) is 6.26. The predicted molar refractivity (Wildman–Crippen MR) is 171 cm³/mol. The summed E-state index contributed by atoms with van der Waals surface area (Å²) in [6, 6.07) is -4.64. The monoisotopic (exact) mass is 791 g/mol. The Kier molecular flexibility index (Phi) is 17.7. The third-order valence-electron chi connectivity index (χ3n) is 9.05. The third-order valence-corrected chi connectivity index (χ3v) is 9.05. The van der Waals surface area contributed by atoms with Gasteiger partial charge in [-0.15, -0.1) is 0 Å². The second-order valence-electron chi connectivity index (χ2n) is 13.2. The summed E-state index contributed by atoms with van der Waals surface area (Å²) in [5.41, 5.74) is 0. The third kappa shape index (κ3) is 11.2. The van der Waals surface area contributed by atoms with E-state index in [0.29, 0.717) is 0 Å². The molecular weight excluding hydrogens is 738 g/mol. The van der Waals surface area contributed by atoms with Crippen LogP contribution in [0.25, 0.3) is 0 Å². The molecule has 3 fully saturated rings. The summed E-state index contributed by atoms with van der Waals surface area (Å²) in [5, 5.41) is 132. The molecule has 0 aromatic carbocycles. The van der Waals surface area contributed by atoms with Gasteiger partial charge in [0.2, 0.25) is 17.7 Å². The number of carbonyl (C=O) groups excluding carboxylic acids is 3. The van der Waals surface area contributed by atoms with Gasteiger partial charge in [0.15, 0.2) is 18.9 Å².